The average Bonchev–Trinajstić information content (AvgIpc) is 2.67. The molecule has 0 aliphatic carbocycles. The zero-order valence-electron chi connectivity index (χ0n) is 16.2. The predicted molar refractivity (Wildman–Crippen MR) is 107 cm³/mol. The van der Waals surface area contributed by atoms with Crippen LogP contribution in [0.2, 0.25) is 0 Å². The molecular formula is C22H28N2O3. The molecule has 2 rings (SSSR count). The van der Waals surface area contributed by atoms with Crippen LogP contribution in [0.15, 0.2) is 60.7 Å². The minimum absolute atomic E-state index is 0.0200. The first-order valence-electron chi connectivity index (χ1n) is 9.29. The molecule has 0 aromatic heterocycles. The van der Waals surface area contributed by atoms with E-state index in [0.29, 0.717) is 18.7 Å². The minimum atomic E-state index is -0.567. The monoisotopic (exact) mass is 368 g/mol. The number of carbonyl (C=O) groups is 2. The van der Waals surface area contributed by atoms with Gasteiger partial charge in [0.2, 0.25) is 5.91 Å². The van der Waals surface area contributed by atoms with E-state index in [0.717, 1.165) is 5.56 Å². The Morgan fingerprint density at radius 3 is 2.15 bits per heavy atom. The van der Waals surface area contributed by atoms with Crippen LogP contribution in [-0.2, 0) is 16.0 Å². The van der Waals surface area contributed by atoms with Gasteiger partial charge in [-0.3, -0.25) is 9.59 Å². The molecule has 1 atom stereocenters. The van der Waals surface area contributed by atoms with Crippen LogP contribution in [0.25, 0.3) is 0 Å². The van der Waals surface area contributed by atoms with Crippen molar-refractivity contribution in [1.29, 1.82) is 0 Å². The normalized spacial score (nSPS) is 11.7. The molecule has 0 aliphatic rings. The number of benzene rings is 2. The van der Waals surface area contributed by atoms with Crippen LogP contribution in [0.1, 0.15) is 26.3 Å². The van der Waals surface area contributed by atoms with Gasteiger partial charge in [-0.15, -0.1) is 0 Å². The number of rotatable bonds is 9. The summed E-state index contributed by atoms with van der Waals surface area (Å²) >= 11 is 0. The Balaban J connectivity index is 2.04. The van der Waals surface area contributed by atoms with Gasteiger partial charge in [0.05, 0.1) is 0 Å². The van der Waals surface area contributed by atoms with E-state index in [1.165, 1.54) is 0 Å². The lowest BCUT2D eigenvalue weighted by Crippen LogP contribution is -2.51. The van der Waals surface area contributed by atoms with E-state index >= 15 is 0 Å². The van der Waals surface area contributed by atoms with Crippen LogP contribution >= 0.6 is 0 Å². The quantitative estimate of drug-likeness (QED) is 0.740. The zero-order valence-corrected chi connectivity index (χ0v) is 16.2. The largest absolute Gasteiger partial charge is 0.484 e. The van der Waals surface area contributed by atoms with Crippen LogP contribution in [0, 0.1) is 0 Å². The van der Waals surface area contributed by atoms with E-state index < -0.39 is 6.04 Å². The van der Waals surface area contributed by atoms with Gasteiger partial charge in [-0.25, -0.2) is 0 Å². The summed E-state index contributed by atoms with van der Waals surface area (Å²) in [4.78, 5) is 26.8. The van der Waals surface area contributed by atoms with E-state index in [4.69, 9.17) is 4.74 Å². The van der Waals surface area contributed by atoms with Crippen LogP contribution in [-0.4, -0.2) is 41.9 Å². The van der Waals surface area contributed by atoms with Gasteiger partial charge >= 0.3 is 0 Å². The molecule has 0 aliphatic heterocycles. The smallest absolute Gasteiger partial charge is 0.261 e. The number of para-hydroxylation sites is 1. The fourth-order valence-corrected chi connectivity index (χ4v) is 2.72. The molecule has 144 valence electrons. The number of nitrogens with one attached hydrogen (secondary N) is 1. The summed E-state index contributed by atoms with van der Waals surface area (Å²) in [7, 11) is 0. The number of nitrogens with zero attached hydrogens (tertiary/aromatic N) is 1. The van der Waals surface area contributed by atoms with Gasteiger partial charge in [0.1, 0.15) is 11.8 Å². The van der Waals surface area contributed by atoms with Gasteiger partial charge in [0.25, 0.3) is 5.91 Å². The highest BCUT2D eigenvalue weighted by molar-refractivity contribution is 5.88. The molecule has 2 aromatic carbocycles. The highest BCUT2D eigenvalue weighted by atomic mass is 16.5. The molecule has 0 bridgehead atoms. The summed E-state index contributed by atoms with van der Waals surface area (Å²) in [6.07, 6.45) is 0.678. The second-order valence-corrected chi connectivity index (χ2v) is 6.76. The lowest BCUT2D eigenvalue weighted by molar-refractivity contribution is -0.141. The first kappa shape index (κ1) is 20.5. The highest BCUT2D eigenvalue weighted by Crippen LogP contribution is 2.10. The molecule has 27 heavy (non-hydrogen) atoms. The van der Waals surface area contributed by atoms with Crippen molar-refractivity contribution >= 4 is 11.8 Å². The van der Waals surface area contributed by atoms with E-state index in [1.807, 2.05) is 62.4 Å². The third-order valence-corrected chi connectivity index (χ3v) is 4.19. The molecule has 5 nitrogen and oxygen atoms in total. The summed E-state index contributed by atoms with van der Waals surface area (Å²) in [5.74, 6) is 0.264. The second kappa shape index (κ2) is 10.4. The Morgan fingerprint density at radius 2 is 1.56 bits per heavy atom. The maximum atomic E-state index is 12.8. The number of amides is 2. The Bertz CT molecular complexity index is 717. The van der Waals surface area contributed by atoms with Crippen LogP contribution in [0.3, 0.4) is 0 Å². The topological polar surface area (TPSA) is 58.6 Å². The van der Waals surface area contributed by atoms with Crippen molar-refractivity contribution in [2.45, 2.75) is 39.3 Å². The van der Waals surface area contributed by atoms with Gasteiger partial charge in [-0.05, 0) is 44.9 Å². The minimum Gasteiger partial charge on any atom is -0.484 e. The molecular weight excluding hydrogens is 340 g/mol. The highest BCUT2D eigenvalue weighted by Gasteiger charge is 2.26. The van der Waals surface area contributed by atoms with Crippen molar-refractivity contribution in [3.05, 3.63) is 66.2 Å². The van der Waals surface area contributed by atoms with Crippen molar-refractivity contribution in [1.82, 2.24) is 10.2 Å². The Morgan fingerprint density at radius 1 is 0.963 bits per heavy atom. The molecule has 0 fully saturated rings. The average molecular weight is 368 g/mol. The third-order valence-electron chi connectivity index (χ3n) is 4.19. The van der Waals surface area contributed by atoms with E-state index in [-0.39, 0.29) is 24.5 Å². The SMILES string of the molecule is CC(C)NC(=O)C(C)N(CCc1ccccc1)C(=O)COc1ccccc1. The number of ether oxygens (including phenoxy) is 1. The molecule has 0 saturated heterocycles. The summed E-state index contributed by atoms with van der Waals surface area (Å²) < 4.78 is 5.59. The van der Waals surface area contributed by atoms with Gasteiger partial charge in [-0.2, -0.15) is 0 Å². The summed E-state index contributed by atoms with van der Waals surface area (Å²) in [5.41, 5.74) is 1.12. The fourth-order valence-electron chi connectivity index (χ4n) is 2.72. The fraction of sp³-hybridized carbons (Fsp3) is 0.364. The first-order valence-corrected chi connectivity index (χ1v) is 9.29. The van der Waals surface area contributed by atoms with Gasteiger partial charge in [0, 0.05) is 12.6 Å². The summed E-state index contributed by atoms with van der Waals surface area (Å²) in [6, 6.07) is 18.6. The molecule has 5 heteroatoms. The lowest BCUT2D eigenvalue weighted by Gasteiger charge is -2.29. The summed E-state index contributed by atoms with van der Waals surface area (Å²) in [6.45, 7) is 5.91. The molecule has 2 amide bonds. The van der Waals surface area contributed by atoms with Crippen LogP contribution in [0.4, 0.5) is 0 Å². The van der Waals surface area contributed by atoms with E-state index in [2.05, 4.69) is 5.32 Å². The van der Waals surface area contributed by atoms with Gasteiger partial charge < -0.3 is 15.0 Å². The van der Waals surface area contributed by atoms with Gasteiger partial charge in [-0.1, -0.05) is 48.5 Å². The molecule has 1 unspecified atom stereocenters. The van der Waals surface area contributed by atoms with Crippen molar-refractivity contribution in [3.63, 3.8) is 0 Å². The Labute approximate surface area is 161 Å². The van der Waals surface area contributed by atoms with E-state index in [9.17, 15) is 9.59 Å². The zero-order chi connectivity index (χ0) is 19.6. The number of hydrogen-bond acceptors (Lipinski definition) is 3. The molecule has 2 aromatic rings. The van der Waals surface area contributed by atoms with Crippen LogP contribution < -0.4 is 10.1 Å². The molecule has 0 radical (unpaired) electrons. The molecule has 1 N–H and O–H groups in total. The Hall–Kier alpha value is -2.82. The van der Waals surface area contributed by atoms with Crippen LogP contribution in [0.5, 0.6) is 5.75 Å². The van der Waals surface area contributed by atoms with Crippen molar-refractivity contribution < 1.29 is 14.3 Å². The van der Waals surface area contributed by atoms with Crippen molar-refractivity contribution in [2.75, 3.05) is 13.2 Å². The maximum absolute atomic E-state index is 12.8. The standard InChI is InChI=1S/C22H28N2O3/c1-17(2)23-22(26)18(3)24(15-14-19-10-6-4-7-11-19)21(25)16-27-20-12-8-5-9-13-20/h4-13,17-18H,14-16H2,1-3H3,(H,23,26). The number of hydrogen-bond donors (Lipinski definition) is 1. The predicted octanol–water partition coefficient (Wildman–Crippen LogP) is 3.05. The van der Waals surface area contributed by atoms with Gasteiger partial charge in [0.15, 0.2) is 6.61 Å². The summed E-state index contributed by atoms with van der Waals surface area (Å²) in [5, 5.41) is 2.88. The van der Waals surface area contributed by atoms with E-state index in [1.54, 1.807) is 24.0 Å². The van der Waals surface area contributed by atoms with Crippen molar-refractivity contribution in [3.8, 4) is 5.75 Å². The molecule has 0 heterocycles. The molecule has 0 saturated carbocycles. The van der Waals surface area contributed by atoms with Crippen molar-refractivity contribution in [2.24, 2.45) is 0 Å². The lowest BCUT2D eigenvalue weighted by atomic mass is 10.1. The second-order valence-electron chi connectivity index (χ2n) is 6.76. The third kappa shape index (κ3) is 6.77. The molecule has 0 spiro atoms. The Kier molecular flexibility index (Phi) is 7.86. The first-order chi connectivity index (χ1) is 13.0. The maximum Gasteiger partial charge on any atom is 0.261 e. The number of carbonyl (C=O) groups excluding carboxylic acids is 2.